The van der Waals surface area contributed by atoms with Crippen LogP contribution in [0.5, 0.6) is 0 Å². The monoisotopic (exact) mass is 245 g/mol. The number of likely N-dealkylation sites (N-methyl/N-ethyl adjacent to an activating group) is 1. The van der Waals surface area contributed by atoms with Crippen LogP contribution in [0.2, 0.25) is 0 Å². The number of nitrogens with one attached hydrogen (secondary N) is 2. The first-order valence-corrected chi connectivity index (χ1v) is 5.52. The molecule has 7 nitrogen and oxygen atoms in total. The summed E-state index contributed by atoms with van der Waals surface area (Å²) in [5.41, 5.74) is 0. The minimum absolute atomic E-state index is 0.146. The average Bonchev–Trinajstić information content (AvgIpc) is 2.25. The SMILES string of the molecule is CCCN(CC(=O)O)C(=O)NCC(=O)NCC. The molecule has 0 aliphatic rings. The third-order valence-corrected chi connectivity index (χ3v) is 1.88. The summed E-state index contributed by atoms with van der Waals surface area (Å²) in [5.74, 6) is -1.38. The summed E-state index contributed by atoms with van der Waals surface area (Å²) in [6, 6.07) is -0.541. The zero-order valence-corrected chi connectivity index (χ0v) is 10.2. The molecule has 0 fully saturated rings. The number of hydrogen-bond donors (Lipinski definition) is 3. The number of rotatable bonds is 7. The number of carboxylic acids is 1. The van der Waals surface area contributed by atoms with Crippen LogP contribution in [0, 0.1) is 0 Å². The van der Waals surface area contributed by atoms with Crippen LogP contribution in [0.15, 0.2) is 0 Å². The van der Waals surface area contributed by atoms with Crippen molar-refractivity contribution in [2.45, 2.75) is 20.3 Å². The Labute approximate surface area is 100 Å². The van der Waals surface area contributed by atoms with Gasteiger partial charge in [-0.15, -0.1) is 0 Å². The third-order valence-electron chi connectivity index (χ3n) is 1.88. The topological polar surface area (TPSA) is 98.7 Å². The Morgan fingerprint density at radius 3 is 2.29 bits per heavy atom. The highest BCUT2D eigenvalue weighted by Crippen LogP contribution is 1.92. The minimum Gasteiger partial charge on any atom is -0.480 e. The Morgan fingerprint density at radius 2 is 1.82 bits per heavy atom. The average molecular weight is 245 g/mol. The molecule has 3 amide bonds. The second-order valence-electron chi connectivity index (χ2n) is 3.43. The van der Waals surface area contributed by atoms with E-state index in [1.807, 2.05) is 6.92 Å². The highest BCUT2D eigenvalue weighted by molar-refractivity contribution is 5.85. The maximum Gasteiger partial charge on any atom is 0.323 e. The first-order chi connectivity index (χ1) is 8.01. The lowest BCUT2D eigenvalue weighted by molar-refractivity contribution is -0.137. The number of urea groups is 1. The van der Waals surface area contributed by atoms with E-state index in [9.17, 15) is 14.4 Å². The van der Waals surface area contributed by atoms with Gasteiger partial charge < -0.3 is 20.6 Å². The van der Waals surface area contributed by atoms with Crippen molar-refractivity contribution >= 4 is 17.9 Å². The van der Waals surface area contributed by atoms with Gasteiger partial charge in [0.2, 0.25) is 5.91 Å². The fourth-order valence-electron chi connectivity index (χ4n) is 1.21. The summed E-state index contributed by atoms with van der Waals surface area (Å²) < 4.78 is 0. The molecule has 0 bridgehead atoms. The third kappa shape index (κ3) is 7.15. The largest absolute Gasteiger partial charge is 0.480 e. The Bertz CT molecular complexity index is 281. The molecule has 0 aliphatic heterocycles. The van der Waals surface area contributed by atoms with Gasteiger partial charge in [-0.05, 0) is 13.3 Å². The standard InChI is InChI=1S/C10H19N3O4/c1-3-5-13(7-9(15)16)10(17)12-6-8(14)11-4-2/h3-7H2,1-2H3,(H,11,14)(H,12,17)(H,15,16). The first-order valence-electron chi connectivity index (χ1n) is 5.52. The van der Waals surface area contributed by atoms with Crippen LogP contribution in [-0.4, -0.2) is 54.1 Å². The highest BCUT2D eigenvalue weighted by Gasteiger charge is 2.15. The predicted octanol–water partition coefficient (Wildman–Crippen LogP) is -0.371. The summed E-state index contributed by atoms with van der Waals surface area (Å²) >= 11 is 0. The number of carbonyl (C=O) groups is 3. The lowest BCUT2D eigenvalue weighted by Gasteiger charge is -2.20. The number of nitrogens with zero attached hydrogens (tertiary/aromatic N) is 1. The lowest BCUT2D eigenvalue weighted by Crippen LogP contribution is -2.46. The molecule has 0 aromatic carbocycles. The van der Waals surface area contributed by atoms with E-state index in [0.29, 0.717) is 19.5 Å². The van der Waals surface area contributed by atoms with Crippen molar-refractivity contribution in [3.05, 3.63) is 0 Å². The van der Waals surface area contributed by atoms with Gasteiger partial charge in [0.05, 0.1) is 6.54 Å². The van der Waals surface area contributed by atoms with E-state index in [0.717, 1.165) is 4.90 Å². The van der Waals surface area contributed by atoms with Gasteiger partial charge in [-0.25, -0.2) is 4.79 Å². The van der Waals surface area contributed by atoms with Crippen LogP contribution in [0.25, 0.3) is 0 Å². The molecule has 0 aliphatic carbocycles. The molecule has 0 rings (SSSR count). The van der Waals surface area contributed by atoms with E-state index in [2.05, 4.69) is 10.6 Å². The molecule has 0 heterocycles. The molecule has 98 valence electrons. The smallest absolute Gasteiger partial charge is 0.323 e. The molecular formula is C10H19N3O4. The van der Waals surface area contributed by atoms with E-state index in [-0.39, 0.29) is 19.0 Å². The van der Waals surface area contributed by atoms with Gasteiger partial charge in [0.25, 0.3) is 0 Å². The van der Waals surface area contributed by atoms with Gasteiger partial charge in [-0.1, -0.05) is 6.92 Å². The Kier molecular flexibility index (Phi) is 7.49. The fourth-order valence-corrected chi connectivity index (χ4v) is 1.21. The number of carbonyl (C=O) groups excluding carboxylic acids is 2. The zero-order valence-electron chi connectivity index (χ0n) is 10.2. The van der Waals surface area contributed by atoms with Gasteiger partial charge in [0, 0.05) is 13.1 Å². The maximum absolute atomic E-state index is 11.5. The molecule has 0 saturated carbocycles. The predicted molar refractivity (Wildman–Crippen MR) is 61.6 cm³/mol. The molecule has 3 N–H and O–H groups in total. The molecule has 0 spiro atoms. The molecule has 0 atom stereocenters. The number of amides is 3. The van der Waals surface area contributed by atoms with Crippen molar-refractivity contribution in [2.24, 2.45) is 0 Å². The normalized spacial score (nSPS) is 9.53. The number of carboxylic acid groups (broad SMARTS) is 1. The van der Waals surface area contributed by atoms with E-state index in [1.165, 1.54) is 0 Å². The molecule has 0 unspecified atom stereocenters. The van der Waals surface area contributed by atoms with Crippen molar-refractivity contribution in [2.75, 3.05) is 26.2 Å². The van der Waals surface area contributed by atoms with Gasteiger partial charge in [-0.3, -0.25) is 9.59 Å². The highest BCUT2D eigenvalue weighted by atomic mass is 16.4. The van der Waals surface area contributed by atoms with Crippen LogP contribution in [0.4, 0.5) is 4.79 Å². The molecule has 0 radical (unpaired) electrons. The number of aliphatic carboxylic acids is 1. The summed E-state index contributed by atoms with van der Waals surface area (Å²) in [6.45, 7) is 3.93. The van der Waals surface area contributed by atoms with Crippen LogP contribution >= 0.6 is 0 Å². The molecule has 0 aromatic rings. The summed E-state index contributed by atoms with van der Waals surface area (Å²) in [4.78, 5) is 34.3. The van der Waals surface area contributed by atoms with E-state index in [4.69, 9.17) is 5.11 Å². The Hall–Kier alpha value is -1.79. The van der Waals surface area contributed by atoms with Gasteiger partial charge >= 0.3 is 12.0 Å². The first kappa shape index (κ1) is 15.2. The molecule has 0 saturated heterocycles. The summed E-state index contributed by atoms with van der Waals surface area (Å²) in [7, 11) is 0. The van der Waals surface area contributed by atoms with Crippen molar-refractivity contribution in [1.29, 1.82) is 0 Å². The molecule has 7 heteroatoms. The second kappa shape index (κ2) is 8.37. The van der Waals surface area contributed by atoms with E-state index < -0.39 is 12.0 Å². The second-order valence-corrected chi connectivity index (χ2v) is 3.43. The van der Waals surface area contributed by atoms with E-state index >= 15 is 0 Å². The molecule has 0 aromatic heterocycles. The number of hydrogen-bond acceptors (Lipinski definition) is 3. The van der Waals surface area contributed by atoms with Crippen molar-refractivity contribution in [3.8, 4) is 0 Å². The fraction of sp³-hybridized carbons (Fsp3) is 0.700. The van der Waals surface area contributed by atoms with Gasteiger partial charge in [0.15, 0.2) is 0 Å². The zero-order chi connectivity index (χ0) is 13.3. The van der Waals surface area contributed by atoms with E-state index in [1.54, 1.807) is 6.92 Å². The minimum atomic E-state index is -1.08. The summed E-state index contributed by atoms with van der Waals surface area (Å²) in [6.07, 6.45) is 0.655. The maximum atomic E-state index is 11.5. The Morgan fingerprint density at radius 1 is 1.18 bits per heavy atom. The van der Waals surface area contributed by atoms with Crippen LogP contribution in [0.3, 0.4) is 0 Å². The van der Waals surface area contributed by atoms with Crippen LogP contribution in [-0.2, 0) is 9.59 Å². The Balaban J connectivity index is 4.13. The van der Waals surface area contributed by atoms with Crippen molar-refractivity contribution in [3.63, 3.8) is 0 Å². The van der Waals surface area contributed by atoms with Crippen molar-refractivity contribution < 1.29 is 19.5 Å². The van der Waals surface area contributed by atoms with Gasteiger partial charge in [-0.2, -0.15) is 0 Å². The van der Waals surface area contributed by atoms with Gasteiger partial charge in [0.1, 0.15) is 6.54 Å². The summed E-state index contributed by atoms with van der Waals surface area (Å²) in [5, 5.41) is 13.5. The van der Waals surface area contributed by atoms with Crippen molar-refractivity contribution in [1.82, 2.24) is 15.5 Å². The lowest BCUT2D eigenvalue weighted by atomic mass is 10.4. The van der Waals surface area contributed by atoms with Crippen LogP contribution < -0.4 is 10.6 Å². The molecular weight excluding hydrogens is 226 g/mol. The van der Waals surface area contributed by atoms with Crippen LogP contribution in [0.1, 0.15) is 20.3 Å². The quantitative estimate of drug-likeness (QED) is 0.570. The molecule has 17 heavy (non-hydrogen) atoms.